The van der Waals surface area contributed by atoms with E-state index < -0.39 is 0 Å². The molecule has 0 saturated heterocycles. The van der Waals surface area contributed by atoms with Crippen molar-refractivity contribution in [3.63, 3.8) is 0 Å². The van der Waals surface area contributed by atoms with Gasteiger partial charge in [-0.05, 0) is 31.6 Å². The zero-order valence-corrected chi connectivity index (χ0v) is 6.85. The van der Waals surface area contributed by atoms with E-state index in [-0.39, 0.29) is 11.5 Å². The molecule has 1 aliphatic carbocycles. The summed E-state index contributed by atoms with van der Waals surface area (Å²) in [5, 5.41) is 9.56. The second kappa shape index (κ2) is 2.39. The molecule has 1 fully saturated rings. The van der Waals surface area contributed by atoms with Crippen molar-refractivity contribution < 1.29 is 5.11 Å². The molecule has 1 heteroatoms. The summed E-state index contributed by atoms with van der Waals surface area (Å²) in [6.07, 6.45) is 2.99. The summed E-state index contributed by atoms with van der Waals surface area (Å²) in [7, 11) is 0. The summed E-state index contributed by atoms with van der Waals surface area (Å²) in [5.74, 6) is 0. The van der Waals surface area contributed by atoms with Crippen molar-refractivity contribution in [1.29, 1.82) is 0 Å². The summed E-state index contributed by atoms with van der Waals surface area (Å²) in [6, 6.07) is 0. The van der Waals surface area contributed by atoms with Gasteiger partial charge in [-0.25, -0.2) is 0 Å². The first-order valence-electron chi connectivity index (χ1n) is 3.87. The molecular weight excluding hydrogens is 124 g/mol. The Labute approximate surface area is 62.8 Å². The summed E-state index contributed by atoms with van der Waals surface area (Å²) >= 11 is 0. The zero-order chi connectivity index (χ0) is 7.78. The van der Waals surface area contributed by atoms with Gasteiger partial charge in [0.25, 0.3) is 0 Å². The number of hydrogen-bond donors (Lipinski definition) is 1. The number of aliphatic hydroxyl groups excluding tert-OH is 1. The van der Waals surface area contributed by atoms with Crippen LogP contribution in [0.25, 0.3) is 0 Å². The topological polar surface area (TPSA) is 20.2 Å². The molecule has 1 saturated carbocycles. The minimum atomic E-state index is -0.148. The average Bonchev–Trinajstić information content (AvgIpc) is 2.47. The van der Waals surface area contributed by atoms with E-state index in [1.54, 1.807) is 0 Å². The molecule has 1 aliphatic rings. The van der Waals surface area contributed by atoms with E-state index in [4.69, 9.17) is 0 Å². The van der Waals surface area contributed by atoms with Crippen LogP contribution in [0.3, 0.4) is 0 Å². The molecule has 0 heterocycles. The molecule has 0 spiro atoms. The Balaban J connectivity index is 2.34. The highest BCUT2D eigenvalue weighted by Crippen LogP contribution is 2.49. The number of rotatable bonds is 3. The third-order valence-corrected chi connectivity index (χ3v) is 2.38. The number of hydrogen-bond acceptors (Lipinski definition) is 1. The average molecular weight is 140 g/mol. The van der Waals surface area contributed by atoms with Crippen LogP contribution in [0.4, 0.5) is 0 Å². The standard InChI is InChI=1S/C9H16O/c1-7(2)6-8(10)9(3)4-5-9/h8,10H,1,4-6H2,2-3H3. The highest BCUT2D eigenvalue weighted by Gasteiger charge is 2.43. The van der Waals surface area contributed by atoms with Crippen molar-refractivity contribution >= 4 is 0 Å². The third kappa shape index (κ3) is 1.60. The Morgan fingerprint density at radius 2 is 2.20 bits per heavy atom. The Kier molecular flexibility index (Phi) is 1.86. The Morgan fingerprint density at radius 1 is 1.70 bits per heavy atom. The fourth-order valence-electron chi connectivity index (χ4n) is 1.11. The van der Waals surface area contributed by atoms with Gasteiger partial charge in [0.2, 0.25) is 0 Å². The molecule has 1 atom stereocenters. The predicted molar refractivity (Wildman–Crippen MR) is 42.8 cm³/mol. The van der Waals surface area contributed by atoms with Crippen molar-refractivity contribution in [2.24, 2.45) is 5.41 Å². The highest BCUT2D eigenvalue weighted by molar-refractivity contribution is 5.01. The maximum atomic E-state index is 9.56. The van der Waals surface area contributed by atoms with Crippen molar-refractivity contribution in [2.75, 3.05) is 0 Å². The Hall–Kier alpha value is -0.300. The van der Waals surface area contributed by atoms with Gasteiger partial charge in [-0.3, -0.25) is 0 Å². The van der Waals surface area contributed by atoms with Crippen LogP contribution in [0.5, 0.6) is 0 Å². The van der Waals surface area contributed by atoms with Gasteiger partial charge >= 0.3 is 0 Å². The molecule has 58 valence electrons. The molecule has 1 rings (SSSR count). The first-order chi connectivity index (χ1) is 4.54. The van der Waals surface area contributed by atoms with Crippen LogP contribution in [0.2, 0.25) is 0 Å². The molecular formula is C9H16O. The lowest BCUT2D eigenvalue weighted by Gasteiger charge is -2.16. The molecule has 0 aromatic rings. The van der Waals surface area contributed by atoms with E-state index in [0.717, 1.165) is 12.0 Å². The van der Waals surface area contributed by atoms with Crippen LogP contribution in [0.15, 0.2) is 12.2 Å². The molecule has 1 nitrogen and oxygen atoms in total. The van der Waals surface area contributed by atoms with Crippen molar-refractivity contribution in [1.82, 2.24) is 0 Å². The van der Waals surface area contributed by atoms with Gasteiger partial charge in [-0.1, -0.05) is 12.5 Å². The molecule has 1 N–H and O–H groups in total. The minimum absolute atomic E-state index is 0.148. The highest BCUT2D eigenvalue weighted by atomic mass is 16.3. The quantitative estimate of drug-likeness (QED) is 0.595. The maximum Gasteiger partial charge on any atom is 0.0630 e. The Morgan fingerprint density at radius 3 is 2.50 bits per heavy atom. The lowest BCUT2D eigenvalue weighted by Crippen LogP contribution is -2.18. The fraction of sp³-hybridized carbons (Fsp3) is 0.778. The summed E-state index contributed by atoms with van der Waals surface area (Å²) < 4.78 is 0. The van der Waals surface area contributed by atoms with Crippen LogP contribution >= 0.6 is 0 Å². The van der Waals surface area contributed by atoms with Gasteiger partial charge in [-0.2, -0.15) is 0 Å². The van der Waals surface area contributed by atoms with Gasteiger partial charge in [0.15, 0.2) is 0 Å². The summed E-state index contributed by atoms with van der Waals surface area (Å²) in [5.41, 5.74) is 1.32. The third-order valence-electron chi connectivity index (χ3n) is 2.38. The second-order valence-corrected chi connectivity index (χ2v) is 3.83. The van der Waals surface area contributed by atoms with Gasteiger partial charge in [0, 0.05) is 0 Å². The van der Waals surface area contributed by atoms with Gasteiger partial charge in [0.1, 0.15) is 0 Å². The SMILES string of the molecule is C=C(C)CC(O)C1(C)CC1. The van der Waals surface area contributed by atoms with E-state index in [9.17, 15) is 5.11 Å². The van der Waals surface area contributed by atoms with Gasteiger partial charge < -0.3 is 5.11 Å². The molecule has 0 aromatic heterocycles. The van der Waals surface area contributed by atoms with Crippen molar-refractivity contribution in [3.05, 3.63) is 12.2 Å². The zero-order valence-electron chi connectivity index (χ0n) is 6.85. The van der Waals surface area contributed by atoms with Crippen LogP contribution in [0.1, 0.15) is 33.1 Å². The van der Waals surface area contributed by atoms with Gasteiger partial charge in [-0.15, -0.1) is 6.58 Å². The summed E-state index contributed by atoms with van der Waals surface area (Å²) in [6.45, 7) is 7.88. The van der Waals surface area contributed by atoms with E-state index in [1.807, 2.05) is 6.92 Å². The van der Waals surface area contributed by atoms with E-state index in [0.29, 0.717) is 0 Å². The van der Waals surface area contributed by atoms with Crippen LogP contribution in [0, 0.1) is 5.41 Å². The monoisotopic (exact) mass is 140 g/mol. The Bertz CT molecular complexity index is 145. The van der Waals surface area contributed by atoms with E-state index in [1.165, 1.54) is 12.8 Å². The lowest BCUT2D eigenvalue weighted by molar-refractivity contribution is 0.103. The minimum Gasteiger partial charge on any atom is -0.392 e. The first kappa shape index (κ1) is 7.80. The molecule has 0 radical (unpaired) electrons. The molecule has 0 aromatic carbocycles. The molecule has 0 bridgehead atoms. The normalized spacial score (nSPS) is 23.9. The lowest BCUT2D eigenvalue weighted by atomic mass is 9.96. The van der Waals surface area contributed by atoms with E-state index in [2.05, 4.69) is 13.5 Å². The maximum absolute atomic E-state index is 9.56. The summed E-state index contributed by atoms with van der Waals surface area (Å²) in [4.78, 5) is 0. The molecule has 10 heavy (non-hydrogen) atoms. The number of aliphatic hydroxyl groups is 1. The van der Waals surface area contributed by atoms with Crippen LogP contribution < -0.4 is 0 Å². The first-order valence-corrected chi connectivity index (χ1v) is 3.87. The van der Waals surface area contributed by atoms with Crippen molar-refractivity contribution in [3.8, 4) is 0 Å². The predicted octanol–water partition coefficient (Wildman–Crippen LogP) is 2.11. The van der Waals surface area contributed by atoms with Crippen LogP contribution in [-0.2, 0) is 0 Å². The van der Waals surface area contributed by atoms with E-state index >= 15 is 0 Å². The van der Waals surface area contributed by atoms with Gasteiger partial charge in [0.05, 0.1) is 6.10 Å². The molecule has 0 aliphatic heterocycles. The molecule has 1 unspecified atom stereocenters. The van der Waals surface area contributed by atoms with Crippen molar-refractivity contribution in [2.45, 2.75) is 39.2 Å². The second-order valence-electron chi connectivity index (χ2n) is 3.83. The largest absolute Gasteiger partial charge is 0.392 e. The van der Waals surface area contributed by atoms with Crippen LogP contribution in [-0.4, -0.2) is 11.2 Å². The molecule has 0 amide bonds. The fourth-order valence-corrected chi connectivity index (χ4v) is 1.11. The smallest absolute Gasteiger partial charge is 0.0630 e.